The number of nitriles is 1. The van der Waals surface area contributed by atoms with Crippen LogP contribution in [0.5, 0.6) is 0 Å². The minimum Gasteiger partial charge on any atom is -0.384 e. The molecule has 1 fully saturated rings. The van der Waals surface area contributed by atoms with Crippen LogP contribution >= 0.6 is 27.7 Å². The molecule has 0 aromatic heterocycles. The van der Waals surface area contributed by atoms with Crippen LogP contribution in [0.25, 0.3) is 0 Å². The van der Waals surface area contributed by atoms with Crippen molar-refractivity contribution in [2.45, 2.75) is 24.5 Å². The molecule has 1 N–H and O–H groups in total. The van der Waals surface area contributed by atoms with E-state index in [4.69, 9.17) is 5.26 Å². The fraction of sp³-hybridized carbons (Fsp3) is 0.462. The van der Waals surface area contributed by atoms with Gasteiger partial charge in [-0.25, -0.2) is 0 Å². The van der Waals surface area contributed by atoms with E-state index in [9.17, 15) is 0 Å². The Hall–Kier alpha value is -0.660. The van der Waals surface area contributed by atoms with Crippen LogP contribution in [0.15, 0.2) is 22.7 Å². The van der Waals surface area contributed by atoms with Gasteiger partial charge in [0.2, 0.25) is 0 Å². The van der Waals surface area contributed by atoms with Crippen LogP contribution < -0.4 is 5.32 Å². The molecule has 1 atom stereocenters. The van der Waals surface area contributed by atoms with Gasteiger partial charge in [-0.15, -0.1) is 0 Å². The molecule has 1 unspecified atom stereocenters. The van der Waals surface area contributed by atoms with Crippen LogP contribution in [0.2, 0.25) is 0 Å². The molecule has 0 amide bonds. The van der Waals surface area contributed by atoms with Crippen molar-refractivity contribution in [1.82, 2.24) is 0 Å². The lowest BCUT2D eigenvalue weighted by atomic mass is 10.1. The van der Waals surface area contributed by atoms with Gasteiger partial charge >= 0.3 is 0 Å². The van der Waals surface area contributed by atoms with Gasteiger partial charge in [0.25, 0.3) is 0 Å². The summed E-state index contributed by atoms with van der Waals surface area (Å²) in [5.74, 6) is 1.27. The number of nitrogens with one attached hydrogen (secondary N) is 1. The summed E-state index contributed by atoms with van der Waals surface area (Å²) >= 11 is 5.46. The molecule has 0 radical (unpaired) electrons. The average Bonchev–Trinajstić information content (AvgIpc) is 2.74. The highest BCUT2D eigenvalue weighted by Gasteiger charge is 2.28. The number of nitrogens with zero attached hydrogens (tertiary/aromatic N) is 1. The monoisotopic (exact) mass is 310 g/mol. The lowest BCUT2D eigenvalue weighted by molar-refractivity contribution is 0.635. The van der Waals surface area contributed by atoms with E-state index in [2.05, 4.69) is 34.2 Å². The highest BCUT2D eigenvalue weighted by atomic mass is 79.9. The fourth-order valence-electron chi connectivity index (χ4n) is 1.98. The Labute approximate surface area is 115 Å². The van der Waals surface area contributed by atoms with E-state index < -0.39 is 0 Å². The SMILES string of the molecule is CC1(CNc2ccc(C#N)c(Br)c2)CCCS1. The summed E-state index contributed by atoms with van der Waals surface area (Å²) in [6, 6.07) is 7.93. The zero-order chi connectivity index (χ0) is 12.3. The van der Waals surface area contributed by atoms with Gasteiger partial charge in [-0.3, -0.25) is 0 Å². The molecule has 0 spiro atoms. The molecule has 1 aromatic carbocycles. The summed E-state index contributed by atoms with van der Waals surface area (Å²) in [6.45, 7) is 3.30. The van der Waals surface area contributed by atoms with Gasteiger partial charge in [-0.2, -0.15) is 17.0 Å². The molecule has 0 bridgehead atoms. The smallest absolute Gasteiger partial charge is 0.100 e. The summed E-state index contributed by atoms with van der Waals surface area (Å²) < 4.78 is 1.22. The van der Waals surface area contributed by atoms with E-state index >= 15 is 0 Å². The van der Waals surface area contributed by atoms with Crippen LogP contribution in [0, 0.1) is 11.3 Å². The standard InChI is InChI=1S/C13H15BrN2S/c1-13(5-2-6-17-13)9-16-11-4-3-10(8-15)12(14)7-11/h3-4,7,16H,2,5-6,9H2,1H3. The third kappa shape index (κ3) is 3.17. The van der Waals surface area contributed by atoms with Crippen LogP contribution in [-0.2, 0) is 0 Å². The largest absolute Gasteiger partial charge is 0.384 e. The van der Waals surface area contributed by atoms with Gasteiger partial charge in [-0.05, 0) is 59.6 Å². The maximum atomic E-state index is 8.85. The molecular formula is C13H15BrN2S. The summed E-state index contributed by atoms with van der Waals surface area (Å²) in [7, 11) is 0. The molecule has 90 valence electrons. The Balaban J connectivity index is 2.00. The first-order valence-electron chi connectivity index (χ1n) is 5.70. The maximum Gasteiger partial charge on any atom is 0.100 e. The third-order valence-corrected chi connectivity index (χ3v) is 5.25. The number of hydrogen-bond acceptors (Lipinski definition) is 3. The van der Waals surface area contributed by atoms with Crippen molar-refractivity contribution >= 4 is 33.4 Å². The first kappa shape index (κ1) is 12.8. The summed E-state index contributed by atoms with van der Waals surface area (Å²) in [5.41, 5.74) is 1.75. The Kier molecular flexibility index (Phi) is 4.01. The van der Waals surface area contributed by atoms with E-state index in [1.807, 2.05) is 30.0 Å². The second kappa shape index (κ2) is 5.32. The Bertz CT molecular complexity index is 447. The normalized spacial score (nSPS) is 23.4. The molecule has 1 saturated heterocycles. The van der Waals surface area contributed by atoms with E-state index in [1.54, 1.807) is 0 Å². The number of anilines is 1. The molecule has 4 heteroatoms. The molecule has 0 saturated carbocycles. The number of rotatable bonds is 3. The predicted molar refractivity (Wildman–Crippen MR) is 77.4 cm³/mol. The van der Waals surface area contributed by atoms with Gasteiger partial charge in [0.05, 0.1) is 5.56 Å². The third-order valence-electron chi connectivity index (χ3n) is 3.06. The Morgan fingerprint density at radius 3 is 3.00 bits per heavy atom. The first-order valence-corrected chi connectivity index (χ1v) is 7.48. The summed E-state index contributed by atoms with van der Waals surface area (Å²) in [6.07, 6.45) is 2.60. The second-order valence-corrected chi connectivity index (χ2v) is 7.10. The van der Waals surface area contributed by atoms with E-state index in [0.29, 0.717) is 10.3 Å². The van der Waals surface area contributed by atoms with E-state index in [0.717, 1.165) is 16.7 Å². The van der Waals surface area contributed by atoms with Crippen molar-refractivity contribution in [3.63, 3.8) is 0 Å². The van der Waals surface area contributed by atoms with Crippen LogP contribution in [0.1, 0.15) is 25.3 Å². The molecular weight excluding hydrogens is 296 g/mol. The van der Waals surface area contributed by atoms with Gasteiger partial charge in [-0.1, -0.05) is 0 Å². The Morgan fingerprint density at radius 1 is 1.59 bits per heavy atom. The second-order valence-electron chi connectivity index (χ2n) is 4.56. The average molecular weight is 311 g/mol. The van der Waals surface area contributed by atoms with E-state index in [-0.39, 0.29) is 0 Å². The number of halogens is 1. The maximum absolute atomic E-state index is 8.85. The highest BCUT2D eigenvalue weighted by molar-refractivity contribution is 9.10. The minimum atomic E-state index is 0.361. The summed E-state index contributed by atoms with van der Waals surface area (Å²) in [5, 5.41) is 12.3. The molecule has 1 aliphatic rings. The van der Waals surface area contributed by atoms with Crippen LogP contribution in [0.3, 0.4) is 0 Å². The Morgan fingerprint density at radius 2 is 2.41 bits per heavy atom. The number of thioether (sulfide) groups is 1. The van der Waals surface area contributed by atoms with E-state index in [1.165, 1.54) is 18.6 Å². The van der Waals surface area contributed by atoms with Crippen molar-refractivity contribution < 1.29 is 0 Å². The predicted octanol–water partition coefficient (Wildman–Crippen LogP) is 4.02. The minimum absolute atomic E-state index is 0.361. The quantitative estimate of drug-likeness (QED) is 0.916. The molecule has 0 aliphatic carbocycles. The number of benzene rings is 1. The molecule has 2 rings (SSSR count). The van der Waals surface area contributed by atoms with Crippen molar-refractivity contribution in [1.29, 1.82) is 5.26 Å². The molecule has 1 aliphatic heterocycles. The van der Waals surface area contributed by atoms with Gasteiger partial charge in [0.15, 0.2) is 0 Å². The zero-order valence-electron chi connectivity index (χ0n) is 9.79. The van der Waals surface area contributed by atoms with Gasteiger partial charge in [0, 0.05) is 21.5 Å². The lowest BCUT2D eigenvalue weighted by Crippen LogP contribution is -2.27. The fourth-order valence-corrected chi connectivity index (χ4v) is 3.69. The van der Waals surface area contributed by atoms with Crippen molar-refractivity contribution in [3.8, 4) is 6.07 Å². The first-order chi connectivity index (χ1) is 8.13. The van der Waals surface area contributed by atoms with Gasteiger partial charge in [0.1, 0.15) is 6.07 Å². The number of hydrogen-bond donors (Lipinski definition) is 1. The molecule has 2 nitrogen and oxygen atoms in total. The van der Waals surface area contributed by atoms with Gasteiger partial charge < -0.3 is 5.32 Å². The van der Waals surface area contributed by atoms with Crippen molar-refractivity contribution in [2.75, 3.05) is 17.6 Å². The molecule has 1 heterocycles. The van der Waals surface area contributed by atoms with Crippen molar-refractivity contribution in [3.05, 3.63) is 28.2 Å². The van der Waals surface area contributed by atoms with Crippen molar-refractivity contribution in [2.24, 2.45) is 0 Å². The summed E-state index contributed by atoms with van der Waals surface area (Å²) in [4.78, 5) is 0. The lowest BCUT2D eigenvalue weighted by Gasteiger charge is -2.23. The van der Waals surface area contributed by atoms with Crippen LogP contribution in [-0.4, -0.2) is 17.0 Å². The highest BCUT2D eigenvalue weighted by Crippen LogP contribution is 2.37. The molecule has 1 aromatic rings. The topological polar surface area (TPSA) is 35.8 Å². The van der Waals surface area contributed by atoms with Crippen LogP contribution in [0.4, 0.5) is 5.69 Å². The zero-order valence-corrected chi connectivity index (χ0v) is 12.2. The molecule has 17 heavy (non-hydrogen) atoms.